The number of nitrogen functional groups attached to an aromatic ring is 2. The minimum absolute atomic E-state index is 0.0761. The van der Waals surface area contributed by atoms with Crippen LogP contribution in [-0.4, -0.2) is 36.4 Å². The van der Waals surface area contributed by atoms with Crippen LogP contribution in [0.1, 0.15) is 13.0 Å². The lowest BCUT2D eigenvalue weighted by Gasteiger charge is -2.13. The number of aromatic nitrogens is 4. The van der Waals surface area contributed by atoms with E-state index in [0.717, 1.165) is 0 Å². The van der Waals surface area contributed by atoms with Gasteiger partial charge in [-0.05, 0) is 35.5 Å². The lowest BCUT2D eigenvalue weighted by Crippen LogP contribution is -2.16. The van der Waals surface area contributed by atoms with Crippen molar-refractivity contribution in [2.75, 3.05) is 23.5 Å². The lowest BCUT2D eigenvalue weighted by atomic mass is 10.1. The number of rotatable bonds is 4. The second kappa shape index (κ2) is 5.35. The van der Waals surface area contributed by atoms with Gasteiger partial charge >= 0.3 is 0 Å². The van der Waals surface area contributed by atoms with Crippen LogP contribution in [0.4, 0.5) is 11.4 Å². The van der Waals surface area contributed by atoms with Crippen LogP contribution in [0, 0.1) is 0 Å². The first-order valence-corrected chi connectivity index (χ1v) is 7.45. The van der Waals surface area contributed by atoms with Gasteiger partial charge in [0.15, 0.2) is 5.82 Å². The maximum absolute atomic E-state index is 11.3. The van der Waals surface area contributed by atoms with Gasteiger partial charge < -0.3 is 11.5 Å². The SMILES string of the molecule is CC(CS(C)=O)n1nnnc1-c1ccc(N)cc1N. The molecular weight excluding hydrogens is 264 g/mol. The summed E-state index contributed by atoms with van der Waals surface area (Å²) in [6.45, 7) is 1.91. The quantitative estimate of drug-likeness (QED) is 0.786. The fraction of sp³-hybridized carbons (Fsp3) is 0.364. The molecule has 0 radical (unpaired) electrons. The zero-order chi connectivity index (χ0) is 14.0. The minimum Gasteiger partial charge on any atom is -0.399 e. The third-order valence-electron chi connectivity index (χ3n) is 2.70. The highest BCUT2D eigenvalue weighted by Crippen LogP contribution is 2.26. The van der Waals surface area contributed by atoms with Crippen LogP contribution in [0.15, 0.2) is 18.2 Å². The number of benzene rings is 1. The molecule has 0 fully saturated rings. The molecule has 2 atom stereocenters. The van der Waals surface area contributed by atoms with Crippen molar-refractivity contribution in [3.63, 3.8) is 0 Å². The van der Waals surface area contributed by atoms with Crippen molar-refractivity contribution >= 4 is 22.2 Å². The third-order valence-corrected chi connectivity index (χ3v) is 3.65. The van der Waals surface area contributed by atoms with Gasteiger partial charge in [-0.15, -0.1) is 5.10 Å². The number of nitrogens with two attached hydrogens (primary N) is 2. The van der Waals surface area contributed by atoms with Gasteiger partial charge in [-0.2, -0.15) is 0 Å². The van der Waals surface area contributed by atoms with Crippen LogP contribution < -0.4 is 11.5 Å². The summed E-state index contributed by atoms with van der Waals surface area (Å²) >= 11 is 0. The monoisotopic (exact) mass is 280 g/mol. The summed E-state index contributed by atoms with van der Waals surface area (Å²) in [6.07, 6.45) is 1.65. The van der Waals surface area contributed by atoms with Crippen molar-refractivity contribution in [3.8, 4) is 11.4 Å². The predicted molar refractivity (Wildman–Crippen MR) is 75.7 cm³/mol. The number of hydrogen-bond donors (Lipinski definition) is 2. The number of hydrogen-bond acceptors (Lipinski definition) is 6. The normalized spacial score (nSPS) is 14.2. The summed E-state index contributed by atoms with van der Waals surface area (Å²) in [6, 6.07) is 5.11. The Labute approximate surface area is 113 Å². The highest BCUT2D eigenvalue weighted by molar-refractivity contribution is 7.84. The smallest absolute Gasteiger partial charge is 0.184 e. The molecule has 2 unspecified atom stereocenters. The predicted octanol–water partition coefficient (Wildman–Crippen LogP) is 0.444. The van der Waals surface area contributed by atoms with E-state index in [1.54, 1.807) is 29.1 Å². The van der Waals surface area contributed by atoms with E-state index in [0.29, 0.717) is 28.5 Å². The molecule has 0 aliphatic carbocycles. The summed E-state index contributed by atoms with van der Waals surface area (Å²) in [5.41, 5.74) is 13.4. The summed E-state index contributed by atoms with van der Waals surface area (Å²) < 4.78 is 12.9. The van der Waals surface area contributed by atoms with Gasteiger partial charge in [0.25, 0.3) is 0 Å². The van der Waals surface area contributed by atoms with E-state index in [1.165, 1.54) is 0 Å². The molecule has 0 saturated carbocycles. The fourth-order valence-corrected chi connectivity index (χ4v) is 2.68. The van der Waals surface area contributed by atoms with Crippen LogP contribution in [0.5, 0.6) is 0 Å². The van der Waals surface area contributed by atoms with Gasteiger partial charge in [0.1, 0.15) is 0 Å². The lowest BCUT2D eigenvalue weighted by molar-refractivity contribution is 0.521. The van der Waals surface area contributed by atoms with Gasteiger partial charge in [0.05, 0.1) is 6.04 Å². The zero-order valence-electron chi connectivity index (χ0n) is 10.8. The molecular formula is C11H16N6OS. The van der Waals surface area contributed by atoms with Crippen LogP contribution in [0.3, 0.4) is 0 Å². The summed E-state index contributed by atoms with van der Waals surface area (Å²) in [4.78, 5) is 0. The molecule has 0 aliphatic heterocycles. The molecule has 0 amide bonds. The molecule has 0 bridgehead atoms. The largest absolute Gasteiger partial charge is 0.399 e. The number of tetrazole rings is 1. The average molecular weight is 280 g/mol. The van der Waals surface area contributed by atoms with E-state index < -0.39 is 10.8 Å². The van der Waals surface area contributed by atoms with E-state index in [2.05, 4.69) is 15.5 Å². The van der Waals surface area contributed by atoms with Gasteiger partial charge in [0, 0.05) is 39.7 Å². The standard InChI is InChI=1S/C11H16N6OS/c1-7(6-19(2)18)17-11(14-15-16-17)9-4-3-8(12)5-10(9)13/h3-5,7H,6,12-13H2,1-2H3. The van der Waals surface area contributed by atoms with Crippen molar-refractivity contribution < 1.29 is 4.21 Å². The number of anilines is 2. The molecule has 2 aromatic rings. The van der Waals surface area contributed by atoms with Crippen molar-refractivity contribution in [1.82, 2.24) is 20.2 Å². The Morgan fingerprint density at radius 1 is 1.42 bits per heavy atom. The van der Waals surface area contributed by atoms with Gasteiger partial charge in [-0.25, -0.2) is 4.68 Å². The molecule has 7 nitrogen and oxygen atoms in total. The van der Waals surface area contributed by atoms with E-state index >= 15 is 0 Å². The highest BCUT2D eigenvalue weighted by Gasteiger charge is 2.17. The van der Waals surface area contributed by atoms with E-state index in [1.807, 2.05) is 6.92 Å². The second-order valence-electron chi connectivity index (χ2n) is 4.38. The maximum Gasteiger partial charge on any atom is 0.184 e. The van der Waals surface area contributed by atoms with Gasteiger partial charge in [-0.3, -0.25) is 4.21 Å². The Morgan fingerprint density at radius 3 is 2.79 bits per heavy atom. The van der Waals surface area contributed by atoms with Crippen molar-refractivity contribution in [2.24, 2.45) is 0 Å². The molecule has 2 rings (SSSR count). The molecule has 1 aromatic carbocycles. The molecule has 0 aliphatic rings. The zero-order valence-corrected chi connectivity index (χ0v) is 11.6. The second-order valence-corrected chi connectivity index (χ2v) is 5.86. The van der Waals surface area contributed by atoms with Crippen molar-refractivity contribution in [2.45, 2.75) is 13.0 Å². The highest BCUT2D eigenvalue weighted by atomic mass is 32.2. The van der Waals surface area contributed by atoms with E-state index in [9.17, 15) is 4.21 Å². The Hall–Kier alpha value is -1.96. The van der Waals surface area contributed by atoms with Crippen LogP contribution in [-0.2, 0) is 10.8 Å². The molecule has 0 saturated heterocycles. The van der Waals surface area contributed by atoms with Crippen LogP contribution in [0.25, 0.3) is 11.4 Å². The van der Waals surface area contributed by atoms with Crippen molar-refractivity contribution in [3.05, 3.63) is 18.2 Å². The first kappa shape index (κ1) is 13.5. The molecule has 102 valence electrons. The molecule has 0 spiro atoms. The molecule has 1 heterocycles. The van der Waals surface area contributed by atoms with Gasteiger partial charge in [0.2, 0.25) is 0 Å². The van der Waals surface area contributed by atoms with E-state index in [-0.39, 0.29) is 6.04 Å². The summed E-state index contributed by atoms with van der Waals surface area (Å²) in [7, 11) is -0.922. The Kier molecular flexibility index (Phi) is 3.79. The average Bonchev–Trinajstić information content (AvgIpc) is 2.76. The third kappa shape index (κ3) is 2.90. The van der Waals surface area contributed by atoms with Gasteiger partial charge in [-0.1, -0.05) is 0 Å². The first-order valence-electron chi connectivity index (χ1n) is 5.72. The maximum atomic E-state index is 11.3. The molecule has 8 heteroatoms. The number of nitrogens with zero attached hydrogens (tertiary/aromatic N) is 4. The minimum atomic E-state index is -0.922. The van der Waals surface area contributed by atoms with Crippen LogP contribution in [0.2, 0.25) is 0 Å². The fourth-order valence-electron chi connectivity index (χ4n) is 1.86. The molecule has 1 aromatic heterocycles. The van der Waals surface area contributed by atoms with E-state index in [4.69, 9.17) is 11.5 Å². The summed E-state index contributed by atoms with van der Waals surface area (Å²) in [5.74, 6) is 1.03. The Morgan fingerprint density at radius 2 is 2.16 bits per heavy atom. The Balaban J connectivity index is 2.41. The Bertz CT molecular complexity index is 611. The molecule has 4 N–H and O–H groups in total. The van der Waals surface area contributed by atoms with Crippen LogP contribution >= 0.6 is 0 Å². The first-order chi connectivity index (χ1) is 8.99. The van der Waals surface area contributed by atoms with Crippen molar-refractivity contribution in [1.29, 1.82) is 0 Å². The molecule has 19 heavy (non-hydrogen) atoms. The summed E-state index contributed by atoms with van der Waals surface area (Å²) in [5, 5.41) is 11.6. The topological polar surface area (TPSA) is 113 Å².